The van der Waals surface area contributed by atoms with Gasteiger partial charge < -0.3 is 4.74 Å². The second kappa shape index (κ2) is 7.25. The van der Waals surface area contributed by atoms with Gasteiger partial charge in [-0.3, -0.25) is 4.98 Å². The van der Waals surface area contributed by atoms with Crippen molar-refractivity contribution in [3.8, 4) is 5.88 Å². The van der Waals surface area contributed by atoms with Crippen LogP contribution in [0, 0.1) is 13.8 Å². The molecule has 0 radical (unpaired) electrons. The standard InChI is InChI=1S/C16H19ClN2O/c1-12-10-13(2)19-16(15(12)11-17)20-9-3-4-14-5-7-18-8-6-14/h5-8,10H,3-4,9,11H2,1-2H3. The first-order valence-corrected chi connectivity index (χ1v) is 7.29. The van der Waals surface area contributed by atoms with Crippen LogP contribution in [0.25, 0.3) is 0 Å². The Bertz CT molecular complexity index is 558. The Kier molecular flexibility index (Phi) is 5.36. The third kappa shape index (κ3) is 3.94. The van der Waals surface area contributed by atoms with Gasteiger partial charge in [-0.25, -0.2) is 4.98 Å². The fraction of sp³-hybridized carbons (Fsp3) is 0.375. The summed E-state index contributed by atoms with van der Waals surface area (Å²) in [4.78, 5) is 8.44. The van der Waals surface area contributed by atoms with Crippen molar-refractivity contribution < 1.29 is 4.74 Å². The van der Waals surface area contributed by atoms with E-state index in [1.54, 1.807) is 0 Å². The molecule has 0 saturated carbocycles. The highest BCUT2D eigenvalue weighted by molar-refractivity contribution is 6.17. The maximum Gasteiger partial charge on any atom is 0.218 e. The third-order valence-electron chi connectivity index (χ3n) is 3.17. The molecule has 4 heteroatoms. The maximum atomic E-state index is 5.97. The van der Waals surface area contributed by atoms with Crippen LogP contribution in [-0.2, 0) is 12.3 Å². The van der Waals surface area contributed by atoms with Crippen LogP contribution in [0.5, 0.6) is 5.88 Å². The van der Waals surface area contributed by atoms with E-state index in [1.807, 2.05) is 44.4 Å². The van der Waals surface area contributed by atoms with Crippen molar-refractivity contribution >= 4 is 11.6 Å². The quantitative estimate of drug-likeness (QED) is 0.599. The molecule has 0 N–H and O–H groups in total. The van der Waals surface area contributed by atoms with Crippen LogP contribution in [-0.4, -0.2) is 16.6 Å². The highest BCUT2D eigenvalue weighted by atomic mass is 35.5. The Labute approximate surface area is 125 Å². The first-order chi connectivity index (χ1) is 9.70. The van der Waals surface area contributed by atoms with E-state index < -0.39 is 0 Å². The van der Waals surface area contributed by atoms with E-state index in [0.717, 1.165) is 29.7 Å². The molecule has 0 unspecified atom stereocenters. The van der Waals surface area contributed by atoms with Gasteiger partial charge in [0.25, 0.3) is 0 Å². The lowest BCUT2D eigenvalue weighted by Crippen LogP contribution is -2.05. The summed E-state index contributed by atoms with van der Waals surface area (Å²) in [5, 5.41) is 0. The van der Waals surface area contributed by atoms with E-state index in [0.29, 0.717) is 18.4 Å². The predicted octanol–water partition coefficient (Wildman–Crippen LogP) is 3.84. The zero-order valence-electron chi connectivity index (χ0n) is 11.9. The van der Waals surface area contributed by atoms with Gasteiger partial charge in [0.15, 0.2) is 0 Å². The summed E-state index contributed by atoms with van der Waals surface area (Å²) in [5.41, 5.74) is 4.35. The van der Waals surface area contributed by atoms with Crippen LogP contribution >= 0.6 is 11.6 Å². The summed E-state index contributed by atoms with van der Waals surface area (Å²) in [7, 11) is 0. The third-order valence-corrected chi connectivity index (χ3v) is 3.44. The molecule has 0 aliphatic heterocycles. The van der Waals surface area contributed by atoms with Gasteiger partial charge in [0.1, 0.15) is 0 Å². The number of rotatable bonds is 6. The van der Waals surface area contributed by atoms with E-state index in [-0.39, 0.29) is 0 Å². The summed E-state index contributed by atoms with van der Waals surface area (Å²) in [6.45, 7) is 4.65. The number of halogens is 1. The SMILES string of the molecule is Cc1cc(C)c(CCl)c(OCCCc2ccncc2)n1. The number of alkyl halides is 1. The Morgan fingerprint density at radius 2 is 1.95 bits per heavy atom. The molecule has 0 spiro atoms. The molecular weight excluding hydrogens is 272 g/mol. The molecule has 0 amide bonds. The number of hydrogen-bond donors (Lipinski definition) is 0. The zero-order chi connectivity index (χ0) is 14.4. The molecule has 20 heavy (non-hydrogen) atoms. The minimum atomic E-state index is 0.429. The zero-order valence-corrected chi connectivity index (χ0v) is 12.7. The lowest BCUT2D eigenvalue weighted by atomic mass is 10.1. The average Bonchev–Trinajstić information content (AvgIpc) is 2.44. The number of nitrogens with zero attached hydrogens (tertiary/aromatic N) is 2. The molecule has 0 aromatic carbocycles. The number of pyridine rings is 2. The number of hydrogen-bond acceptors (Lipinski definition) is 3. The van der Waals surface area contributed by atoms with Crippen LogP contribution < -0.4 is 4.74 Å². The van der Waals surface area contributed by atoms with Crippen molar-refractivity contribution in [2.24, 2.45) is 0 Å². The maximum absolute atomic E-state index is 5.97. The van der Waals surface area contributed by atoms with Crippen LogP contribution in [0.3, 0.4) is 0 Å². The molecule has 3 nitrogen and oxygen atoms in total. The van der Waals surface area contributed by atoms with Gasteiger partial charge in [-0.15, -0.1) is 11.6 Å². The first-order valence-electron chi connectivity index (χ1n) is 6.75. The van der Waals surface area contributed by atoms with Gasteiger partial charge in [0, 0.05) is 23.7 Å². The van der Waals surface area contributed by atoms with Crippen molar-refractivity contribution in [2.75, 3.05) is 6.61 Å². The van der Waals surface area contributed by atoms with Gasteiger partial charge in [-0.2, -0.15) is 0 Å². The van der Waals surface area contributed by atoms with Gasteiger partial charge in [0.2, 0.25) is 5.88 Å². The molecule has 2 aromatic heterocycles. The van der Waals surface area contributed by atoms with Crippen LogP contribution in [0.1, 0.15) is 28.8 Å². The molecule has 0 fully saturated rings. The topological polar surface area (TPSA) is 35.0 Å². The Hall–Kier alpha value is -1.61. The summed E-state index contributed by atoms with van der Waals surface area (Å²) in [6.07, 6.45) is 5.55. The minimum absolute atomic E-state index is 0.429. The highest BCUT2D eigenvalue weighted by Crippen LogP contribution is 2.23. The molecule has 2 rings (SSSR count). The Morgan fingerprint density at radius 1 is 1.20 bits per heavy atom. The Morgan fingerprint density at radius 3 is 2.65 bits per heavy atom. The van der Waals surface area contributed by atoms with Crippen LogP contribution in [0.15, 0.2) is 30.6 Å². The molecule has 0 saturated heterocycles. The predicted molar refractivity (Wildman–Crippen MR) is 81.3 cm³/mol. The molecule has 2 heterocycles. The largest absolute Gasteiger partial charge is 0.477 e. The lowest BCUT2D eigenvalue weighted by molar-refractivity contribution is 0.296. The van der Waals surface area contributed by atoms with Gasteiger partial charge in [-0.1, -0.05) is 0 Å². The van der Waals surface area contributed by atoms with E-state index in [4.69, 9.17) is 16.3 Å². The number of ether oxygens (including phenoxy) is 1. The molecular formula is C16H19ClN2O. The van der Waals surface area contributed by atoms with Crippen LogP contribution in [0.4, 0.5) is 0 Å². The average molecular weight is 291 g/mol. The monoisotopic (exact) mass is 290 g/mol. The molecule has 0 aliphatic carbocycles. The van der Waals surface area contributed by atoms with E-state index >= 15 is 0 Å². The van der Waals surface area contributed by atoms with Crippen molar-refractivity contribution in [2.45, 2.75) is 32.6 Å². The van der Waals surface area contributed by atoms with Crippen molar-refractivity contribution in [3.63, 3.8) is 0 Å². The summed E-state index contributed by atoms with van der Waals surface area (Å²) in [6, 6.07) is 6.08. The normalized spacial score (nSPS) is 10.6. The van der Waals surface area contributed by atoms with Gasteiger partial charge in [-0.05, 0) is 56.0 Å². The van der Waals surface area contributed by atoms with Crippen molar-refractivity contribution in [1.29, 1.82) is 0 Å². The van der Waals surface area contributed by atoms with Crippen molar-refractivity contribution in [3.05, 3.63) is 53.0 Å². The van der Waals surface area contributed by atoms with Crippen molar-refractivity contribution in [1.82, 2.24) is 9.97 Å². The summed E-state index contributed by atoms with van der Waals surface area (Å²) < 4.78 is 5.80. The van der Waals surface area contributed by atoms with Crippen LogP contribution in [0.2, 0.25) is 0 Å². The number of aryl methyl sites for hydroxylation is 3. The van der Waals surface area contributed by atoms with E-state index in [9.17, 15) is 0 Å². The van der Waals surface area contributed by atoms with E-state index in [2.05, 4.69) is 9.97 Å². The number of aromatic nitrogens is 2. The molecule has 0 bridgehead atoms. The molecule has 0 atom stereocenters. The second-order valence-corrected chi connectivity index (χ2v) is 5.07. The summed E-state index contributed by atoms with van der Waals surface area (Å²) in [5.74, 6) is 1.10. The van der Waals surface area contributed by atoms with Gasteiger partial charge >= 0.3 is 0 Å². The molecule has 2 aromatic rings. The first kappa shape index (κ1) is 14.8. The van der Waals surface area contributed by atoms with E-state index in [1.165, 1.54) is 5.56 Å². The van der Waals surface area contributed by atoms with Gasteiger partial charge in [0.05, 0.1) is 12.5 Å². The lowest BCUT2D eigenvalue weighted by Gasteiger charge is -2.12. The fourth-order valence-corrected chi connectivity index (χ4v) is 2.43. The summed E-state index contributed by atoms with van der Waals surface area (Å²) >= 11 is 5.97. The fourth-order valence-electron chi connectivity index (χ4n) is 2.11. The highest BCUT2D eigenvalue weighted by Gasteiger charge is 2.09. The second-order valence-electron chi connectivity index (χ2n) is 4.81. The molecule has 0 aliphatic rings. The smallest absolute Gasteiger partial charge is 0.218 e. The Balaban J connectivity index is 1.91. The molecule has 106 valence electrons. The minimum Gasteiger partial charge on any atom is -0.477 e.